The number of nitrogens with zero attached hydrogens (tertiary/aromatic N) is 3. The summed E-state index contributed by atoms with van der Waals surface area (Å²) in [5, 5.41) is 4.66. The summed E-state index contributed by atoms with van der Waals surface area (Å²) in [6.07, 6.45) is 9.34. The molecule has 0 unspecified atom stereocenters. The first-order valence-corrected chi connectivity index (χ1v) is 10.5. The van der Waals surface area contributed by atoms with E-state index in [0.29, 0.717) is 25.3 Å². The largest absolute Gasteiger partial charge is 0.498 e. The molecule has 0 saturated heterocycles. The minimum atomic E-state index is -2.90. The molecule has 168 valence electrons. The summed E-state index contributed by atoms with van der Waals surface area (Å²) < 4.78 is 38.8. The van der Waals surface area contributed by atoms with Gasteiger partial charge in [0, 0.05) is 36.9 Å². The molecule has 2 aromatic heterocycles. The molecule has 8 heteroatoms. The fraction of sp³-hybridized carbons (Fsp3) is 0.478. The molecule has 0 aliphatic heterocycles. The van der Waals surface area contributed by atoms with E-state index < -0.39 is 12.5 Å². The van der Waals surface area contributed by atoms with Crippen LogP contribution in [-0.4, -0.2) is 33.9 Å². The number of hydrogen-bond acceptors (Lipinski definition) is 5. The molecule has 3 rings (SSSR count). The number of aromatic nitrogens is 3. The number of halogens is 2. The van der Waals surface area contributed by atoms with Gasteiger partial charge in [-0.2, -0.15) is 5.10 Å². The van der Waals surface area contributed by atoms with Crippen LogP contribution in [0.25, 0.3) is 6.08 Å². The van der Waals surface area contributed by atoms with Gasteiger partial charge in [0.1, 0.15) is 0 Å². The lowest BCUT2D eigenvalue weighted by molar-refractivity contribution is -0.0242. The van der Waals surface area contributed by atoms with E-state index in [9.17, 15) is 8.78 Å². The van der Waals surface area contributed by atoms with Gasteiger partial charge in [0.2, 0.25) is 5.88 Å². The number of pyridine rings is 1. The van der Waals surface area contributed by atoms with E-state index in [-0.39, 0.29) is 5.88 Å². The molecular weight excluding hydrogens is 402 g/mol. The molecule has 1 saturated carbocycles. The second-order valence-electron chi connectivity index (χ2n) is 7.84. The van der Waals surface area contributed by atoms with E-state index in [4.69, 9.17) is 15.2 Å². The van der Waals surface area contributed by atoms with E-state index in [1.54, 1.807) is 12.1 Å². The van der Waals surface area contributed by atoms with Gasteiger partial charge in [-0.05, 0) is 62.6 Å². The van der Waals surface area contributed by atoms with Gasteiger partial charge in [0.15, 0.2) is 6.61 Å². The maximum Gasteiger partial charge on any atom is 0.278 e. The van der Waals surface area contributed by atoms with E-state index in [1.807, 2.05) is 30.8 Å². The lowest BCUT2D eigenvalue weighted by Crippen LogP contribution is -2.21. The van der Waals surface area contributed by atoms with Gasteiger partial charge in [-0.1, -0.05) is 0 Å². The average molecular weight is 433 g/mol. The molecule has 1 fully saturated rings. The monoisotopic (exact) mass is 432 g/mol. The van der Waals surface area contributed by atoms with E-state index in [1.165, 1.54) is 18.2 Å². The normalized spacial score (nSPS) is 14.0. The van der Waals surface area contributed by atoms with Crippen molar-refractivity contribution in [2.75, 3.05) is 13.2 Å². The van der Waals surface area contributed by atoms with Crippen LogP contribution in [-0.2, 0) is 17.7 Å². The summed E-state index contributed by atoms with van der Waals surface area (Å²) in [4.78, 5) is 4.29. The Bertz CT molecular complexity index is 955. The van der Waals surface area contributed by atoms with Gasteiger partial charge in [-0.15, -0.1) is 0 Å². The predicted molar refractivity (Wildman–Crippen MR) is 116 cm³/mol. The van der Waals surface area contributed by atoms with Crippen LogP contribution in [0.2, 0.25) is 0 Å². The number of allylic oxidation sites excluding steroid dienone is 2. The second kappa shape index (κ2) is 9.94. The number of ether oxygens (including phenoxy) is 2. The molecule has 0 bridgehead atoms. The molecule has 2 aromatic rings. The molecule has 0 spiro atoms. The predicted octanol–water partition coefficient (Wildman–Crippen LogP) is 4.62. The van der Waals surface area contributed by atoms with Gasteiger partial charge in [-0.3, -0.25) is 4.68 Å². The maximum atomic E-state index is 13.0. The van der Waals surface area contributed by atoms with Crippen molar-refractivity contribution in [2.45, 2.75) is 58.9 Å². The van der Waals surface area contributed by atoms with Gasteiger partial charge in [-0.25, -0.2) is 13.8 Å². The molecule has 0 radical (unpaired) electrons. The molecule has 0 amide bonds. The zero-order chi connectivity index (χ0) is 22.4. The van der Waals surface area contributed by atoms with Crippen LogP contribution in [0.3, 0.4) is 0 Å². The molecule has 31 heavy (non-hydrogen) atoms. The first kappa shape index (κ1) is 22.8. The summed E-state index contributed by atoms with van der Waals surface area (Å²) in [6.45, 7) is 5.07. The Balaban J connectivity index is 1.77. The Morgan fingerprint density at radius 1 is 1.29 bits per heavy atom. The van der Waals surface area contributed by atoms with Crippen LogP contribution in [0, 0.1) is 6.92 Å². The number of hydrogen-bond donors (Lipinski definition) is 1. The Morgan fingerprint density at radius 3 is 2.65 bits per heavy atom. The zero-order valence-corrected chi connectivity index (χ0v) is 18.3. The maximum absolute atomic E-state index is 13.0. The van der Waals surface area contributed by atoms with Gasteiger partial charge in [0.05, 0.1) is 24.6 Å². The Labute approximate surface area is 181 Å². The fourth-order valence-electron chi connectivity index (χ4n) is 3.37. The van der Waals surface area contributed by atoms with E-state index >= 15 is 0 Å². The first-order chi connectivity index (χ1) is 14.8. The molecule has 1 aliphatic carbocycles. The smallest absolute Gasteiger partial charge is 0.278 e. The van der Waals surface area contributed by atoms with E-state index in [2.05, 4.69) is 10.1 Å². The van der Waals surface area contributed by atoms with Crippen molar-refractivity contribution >= 4 is 6.08 Å². The minimum absolute atomic E-state index is 0.184. The third-order valence-electron chi connectivity index (χ3n) is 5.12. The van der Waals surface area contributed by atoms with Crippen LogP contribution in [0.4, 0.5) is 8.78 Å². The number of nitrogens with two attached hydrogens (primary N) is 1. The summed E-state index contributed by atoms with van der Waals surface area (Å²) in [5.41, 5.74) is 10.5. The highest BCUT2D eigenvalue weighted by Gasteiger charge is 2.22. The third-order valence-corrected chi connectivity index (χ3v) is 5.12. The third kappa shape index (κ3) is 6.29. The summed E-state index contributed by atoms with van der Waals surface area (Å²) >= 11 is 0. The molecule has 2 heterocycles. The van der Waals surface area contributed by atoms with Crippen molar-refractivity contribution in [1.82, 2.24) is 14.8 Å². The highest BCUT2D eigenvalue weighted by atomic mass is 19.3. The SMILES string of the molecule is CCOC(Cc1cn(Cc2ccc(OCC(C)(F)F)nc2C)nc1/C=C\N)=C1CCC1. The highest BCUT2D eigenvalue weighted by molar-refractivity contribution is 5.49. The summed E-state index contributed by atoms with van der Waals surface area (Å²) in [7, 11) is 0. The Hall–Kier alpha value is -2.90. The van der Waals surface area contributed by atoms with Gasteiger partial charge >= 0.3 is 0 Å². The molecular formula is C23H30F2N4O2. The van der Waals surface area contributed by atoms with Gasteiger partial charge < -0.3 is 15.2 Å². The molecule has 0 aromatic carbocycles. The molecule has 2 N–H and O–H groups in total. The summed E-state index contributed by atoms with van der Waals surface area (Å²) in [6, 6.07) is 3.43. The molecule has 1 aliphatic rings. The van der Waals surface area contributed by atoms with Crippen LogP contribution in [0.15, 0.2) is 35.9 Å². The Kier molecular flexibility index (Phi) is 7.30. The number of alkyl halides is 2. The van der Waals surface area contributed by atoms with Crippen LogP contribution in [0.5, 0.6) is 5.88 Å². The van der Waals surface area contributed by atoms with Crippen LogP contribution in [0.1, 0.15) is 55.6 Å². The topological polar surface area (TPSA) is 75.2 Å². The fourth-order valence-corrected chi connectivity index (χ4v) is 3.37. The minimum Gasteiger partial charge on any atom is -0.498 e. The highest BCUT2D eigenvalue weighted by Crippen LogP contribution is 2.31. The quantitative estimate of drug-likeness (QED) is 0.555. The summed E-state index contributed by atoms with van der Waals surface area (Å²) in [5.74, 6) is -1.68. The van der Waals surface area contributed by atoms with Crippen molar-refractivity contribution in [3.8, 4) is 5.88 Å². The van der Waals surface area contributed by atoms with Crippen LogP contribution >= 0.6 is 0 Å². The van der Waals surface area contributed by atoms with Crippen molar-refractivity contribution in [1.29, 1.82) is 0 Å². The second-order valence-corrected chi connectivity index (χ2v) is 7.84. The number of rotatable bonds is 10. The lowest BCUT2D eigenvalue weighted by Gasteiger charge is -2.22. The van der Waals surface area contributed by atoms with Gasteiger partial charge in [0.25, 0.3) is 5.92 Å². The van der Waals surface area contributed by atoms with E-state index in [0.717, 1.165) is 42.3 Å². The van der Waals surface area contributed by atoms with Crippen molar-refractivity contribution in [3.05, 3.63) is 58.4 Å². The standard InChI is InChI=1S/C23H30F2N4O2/c1-4-30-21(17-6-5-7-17)12-19-14-29(28-20(19)10-11-26)13-18-8-9-22(27-16(18)2)31-15-23(3,24)25/h8-11,14H,4-7,12-13,15,26H2,1-3H3/b11-10-. The van der Waals surface area contributed by atoms with Crippen molar-refractivity contribution < 1.29 is 18.3 Å². The average Bonchev–Trinajstić information content (AvgIpc) is 3.01. The Morgan fingerprint density at radius 2 is 2.06 bits per heavy atom. The van der Waals surface area contributed by atoms with Crippen molar-refractivity contribution in [2.24, 2.45) is 5.73 Å². The van der Waals surface area contributed by atoms with Crippen molar-refractivity contribution in [3.63, 3.8) is 0 Å². The first-order valence-electron chi connectivity index (χ1n) is 10.5. The number of aryl methyl sites for hydroxylation is 1. The molecule has 0 atom stereocenters. The van der Waals surface area contributed by atoms with Crippen LogP contribution < -0.4 is 10.5 Å². The zero-order valence-electron chi connectivity index (χ0n) is 18.3. The molecule has 6 nitrogen and oxygen atoms in total. The lowest BCUT2D eigenvalue weighted by atomic mass is 9.89.